The summed E-state index contributed by atoms with van der Waals surface area (Å²) in [7, 11) is 0. The van der Waals surface area contributed by atoms with E-state index in [0.717, 1.165) is 6.42 Å². The van der Waals surface area contributed by atoms with E-state index in [1.165, 1.54) is 13.8 Å². The molecule has 35 heavy (non-hydrogen) atoms. The molecule has 11 heteroatoms. The Hall–Kier alpha value is -2.11. The van der Waals surface area contributed by atoms with Crippen LogP contribution >= 0.6 is 0 Å². The Bertz CT molecular complexity index is 922. The number of hydrogen-bond donors (Lipinski definition) is 3. The molecule has 1 fully saturated rings. The molecule has 4 atom stereocenters. The maximum atomic E-state index is 13.2. The molecule has 1 aliphatic heterocycles. The predicted octanol–water partition coefficient (Wildman–Crippen LogP) is 4.44. The van der Waals surface area contributed by atoms with Crippen LogP contribution in [0.4, 0.5) is 26.3 Å². The van der Waals surface area contributed by atoms with Gasteiger partial charge in [-0.2, -0.15) is 26.3 Å². The van der Waals surface area contributed by atoms with E-state index in [1.807, 2.05) is 6.92 Å². The van der Waals surface area contributed by atoms with E-state index in [4.69, 9.17) is 4.74 Å². The lowest BCUT2D eigenvalue weighted by molar-refractivity contribution is -0.143. The van der Waals surface area contributed by atoms with Crippen molar-refractivity contribution >= 4 is 5.91 Å². The minimum atomic E-state index is -4.98. The Morgan fingerprint density at radius 2 is 1.71 bits per heavy atom. The fourth-order valence-corrected chi connectivity index (χ4v) is 4.64. The third kappa shape index (κ3) is 6.18. The summed E-state index contributed by atoms with van der Waals surface area (Å²) in [4.78, 5) is 13.2. The monoisotopic (exact) mass is 508 g/mol. The van der Waals surface area contributed by atoms with E-state index in [1.54, 1.807) is 12.2 Å². The molecule has 1 aromatic carbocycles. The molecule has 196 valence electrons. The second kappa shape index (κ2) is 9.74. The molecular weight excluding hydrogens is 478 g/mol. The fraction of sp³-hybridized carbons (Fsp3) is 0.625. The van der Waals surface area contributed by atoms with Gasteiger partial charge in [0.15, 0.2) is 0 Å². The fourth-order valence-electron chi connectivity index (χ4n) is 4.64. The molecule has 3 rings (SSSR count). The number of hydrogen-bond acceptors (Lipinski definition) is 4. The molecule has 0 aromatic heterocycles. The molecule has 0 spiro atoms. The van der Waals surface area contributed by atoms with Crippen LogP contribution in [-0.2, 0) is 28.4 Å². The lowest BCUT2D eigenvalue weighted by Crippen LogP contribution is -2.54. The van der Waals surface area contributed by atoms with Crippen LogP contribution in [0.1, 0.15) is 50.3 Å². The largest absolute Gasteiger partial charge is 0.416 e. The van der Waals surface area contributed by atoms with Gasteiger partial charge in [0.1, 0.15) is 0 Å². The van der Waals surface area contributed by atoms with Crippen LogP contribution in [0.2, 0.25) is 0 Å². The first-order valence-corrected chi connectivity index (χ1v) is 11.3. The minimum Gasteiger partial charge on any atom is -0.389 e. The third-order valence-corrected chi connectivity index (χ3v) is 6.82. The van der Waals surface area contributed by atoms with Crippen molar-refractivity contribution in [1.29, 1.82) is 0 Å². The van der Waals surface area contributed by atoms with E-state index in [0.29, 0.717) is 25.3 Å². The van der Waals surface area contributed by atoms with Gasteiger partial charge in [-0.3, -0.25) is 4.79 Å². The van der Waals surface area contributed by atoms with Gasteiger partial charge in [0.05, 0.1) is 28.7 Å². The average molecular weight is 509 g/mol. The summed E-state index contributed by atoms with van der Waals surface area (Å²) in [6.45, 7) is 5.57. The summed E-state index contributed by atoms with van der Waals surface area (Å²) in [5.74, 6) is -0.441. The maximum Gasteiger partial charge on any atom is 0.416 e. The van der Waals surface area contributed by atoms with Gasteiger partial charge in [-0.1, -0.05) is 19.1 Å². The second-order valence-corrected chi connectivity index (χ2v) is 9.91. The summed E-state index contributed by atoms with van der Waals surface area (Å²) < 4.78 is 84.3. The van der Waals surface area contributed by atoms with Gasteiger partial charge >= 0.3 is 12.4 Å². The second-order valence-electron chi connectivity index (χ2n) is 9.91. The molecule has 0 unspecified atom stereocenters. The molecule has 2 aliphatic rings. The Balaban J connectivity index is 1.78. The molecule has 1 saturated heterocycles. The van der Waals surface area contributed by atoms with Gasteiger partial charge in [0.2, 0.25) is 5.91 Å². The Morgan fingerprint density at radius 1 is 1.11 bits per heavy atom. The first kappa shape index (κ1) is 27.5. The number of carbonyl (C=O) groups excluding carboxylic acids is 1. The molecule has 1 aliphatic carbocycles. The van der Waals surface area contributed by atoms with Crippen molar-refractivity contribution in [1.82, 2.24) is 10.6 Å². The Labute approximate surface area is 199 Å². The van der Waals surface area contributed by atoms with Crippen molar-refractivity contribution in [3.05, 3.63) is 47.0 Å². The molecule has 1 amide bonds. The first-order valence-electron chi connectivity index (χ1n) is 11.3. The van der Waals surface area contributed by atoms with Gasteiger partial charge in [-0.05, 0) is 56.4 Å². The maximum absolute atomic E-state index is 13.2. The van der Waals surface area contributed by atoms with Crippen LogP contribution < -0.4 is 10.6 Å². The number of rotatable bonds is 6. The quantitative estimate of drug-likeness (QED) is 0.393. The van der Waals surface area contributed by atoms with Crippen molar-refractivity contribution in [2.75, 3.05) is 13.2 Å². The number of halogens is 6. The topological polar surface area (TPSA) is 70.6 Å². The van der Waals surface area contributed by atoms with Crippen molar-refractivity contribution < 1.29 is 41.0 Å². The Kier molecular flexibility index (Phi) is 7.65. The number of carbonyl (C=O) groups is 1. The number of amides is 1. The average Bonchev–Trinajstić information content (AvgIpc) is 3.17. The molecule has 0 radical (unpaired) electrons. The summed E-state index contributed by atoms with van der Waals surface area (Å²) in [5.41, 5.74) is -6.23. The van der Waals surface area contributed by atoms with E-state index < -0.39 is 46.9 Å². The number of aliphatic hydroxyl groups is 1. The molecule has 0 saturated carbocycles. The van der Waals surface area contributed by atoms with E-state index in [2.05, 4.69) is 10.6 Å². The van der Waals surface area contributed by atoms with Crippen molar-refractivity contribution in [2.45, 2.75) is 70.2 Å². The number of alkyl halides is 6. The van der Waals surface area contributed by atoms with Crippen LogP contribution in [0.25, 0.3) is 0 Å². The number of benzene rings is 1. The first-order chi connectivity index (χ1) is 16.0. The summed E-state index contributed by atoms with van der Waals surface area (Å²) in [6, 6.07) is 1.09. The summed E-state index contributed by atoms with van der Waals surface area (Å²) >= 11 is 0. The van der Waals surface area contributed by atoms with Gasteiger partial charge in [-0.15, -0.1) is 0 Å². The smallest absolute Gasteiger partial charge is 0.389 e. The Morgan fingerprint density at radius 3 is 2.23 bits per heavy atom. The highest BCUT2D eigenvalue weighted by molar-refractivity contribution is 5.86. The summed E-state index contributed by atoms with van der Waals surface area (Å²) in [6.07, 6.45) is -5.67. The van der Waals surface area contributed by atoms with Crippen molar-refractivity contribution in [2.24, 2.45) is 11.3 Å². The molecule has 5 nitrogen and oxygen atoms in total. The lowest BCUT2D eigenvalue weighted by atomic mass is 9.72. The zero-order valence-corrected chi connectivity index (χ0v) is 19.7. The van der Waals surface area contributed by atoms with Gasteiger partial charge < -0.3 is 20.5 Å². The van der Waals surface area contributed by atoms with Crippen LogP contribution in [0.3, 0.4) is 0 Å². The molecule has 0 bridgehead atoms. The van der Waals surface area contributed by atoms with Crippen molar-refractivity contribution in [3.8, 4) is 0 Å². The van der Waals surface area contributed by atoms with Crippen LogP contribution in [-0.4, -0.2) is 41.9 Å². The third-order valence-electron chi connectivity index (χ3n) is 6.82. The van der Waals surface area contributed by atoms with Gasteiger partial charge in [-0.25, -0.2) is 0 Å². The normalized spacial score (nSPS) is 27.8. The van der Waals surface area contributed by atoms with Crippen LogP contribution in [0.5, 0.6) is 0 Å². The van der Waals surface area contributed by atoms with E-state index in [-0.39, 0.29) is 36.1 Å². The standard InChI is InChI=1S/C24H30F6N2O3/c1-14-13-35-7-5-19(14)32-18-4-6-22(11-18,21(2,3)34)20(33)31-12-15-8-16(23(25,26)27)10-17(9-15)24(28,29)30/h4,6,8-10,14,18-19,32,34H,5,7,11-13H2,1-3H3,(H,31,33)/t14-,18-,19+,22-/m1/s1. The highest BCUT2D eigenvalue weighted by Crippen LogP contribution is 2.43. The molecular formula is C24H30F6N2O3. The van der Waals surface area contributed by atoms with E-state index >= 15 is 0 Å². The van der Waals surface area contributed by atoms with Crippen molar-refractivity contribution in [3.63, 3.8) is 0 Å². The number of nitrogens with one attached hydrogen (secondary N) is 2. The molecule has 1 aromatic rings. The van der Waals surface area contributed by atoms with Crippen LogP contribution in [0, 0.1) is 11.3 Å². The van der Waals surface area contributed by atoms with Gasteiger partial charge in [0.25, 0.3) is 0 Å². The minimum absolute atomic E-state index is 0.0386. The SMILES string of the molecule is C[C@@H]1COCC[C@@H]1N[C@@H]1C=C[C@@](C(=O)NCc2cc(C(F)(F)F)cc(C(F)(F)F)c2)(C(C)(C)O)C1. The zero-order valence-electron chi connectivity index (χ0n) is 19.7. The zero-order chi connectivity index (χ0) is 26.2. The highest BCUT2D eigenvalue weighted by atomic mass is 19.4. The summed E-state index contributed by atoms with van der Waals surface area (Å²) in [5, 5.41) is 16.8. The van der Waals surface area contributed by atoms with Gasteiger partial charge in [0, 0.05) is 25.2 Å². The lowest BCUT2D eigenvalue weighted by Gasteiger charge is -2.39. The predicted molar refractivity (Wildman–Crippen MR) is 116 cm³/mol. The molecule has 1 heterocycles. The van der Waals surface area contributed by atoms with E-state index in [9.17, 15) is 36.2 Å². The number of ether oxygens (including phenoxy) is 1. The van der Waals surface area contributed by atoms with Crippen LogP contribution in [0.15, 0.2) is 30.4 Å². The highest BCUT2D eigenvalue weighted by Gasteiger charge is 2.52. The molecule has 3 N–H and O–H groups in total.